The summed E-state index contributed by atoms with van der Waals surface area (Å²) < 4.78 is 0. The Kier molecular flexibility index (Phi) is 6.23. The molecule has 0 N–H and O–H groups in total. The van der Waals surface area contributed by atoms with Crippen LogP contribution in [0.3, 0.4) is 0 Å². The Balaban J connectivity index is 3.16. The van der Waals surface area contributed by atoms with Crippen molar-refractivity contribution < 1.29 is 9.72 Å². The number of halogens is 2. The topological polar surface area (TPSA) is 63.5 Å². The quantitative estimate of drug-likeness (QED) is 0.456. The number of nitrogens with zero attached hydrogens (tertiary/aromatic N) is 2. The first-order chi connectivity index (χ1) is 9.38. The molecular weight excluding hydrogens is 303 g/mol. The van der Waals surface area contributed by atoms with Gasteiger partial charge in [0.25, 0.3) is 11.6 Å². The molecule has 7 heteroatoms. The highest BCUT2D eigenvalue weighted by Gasteiger charge is 2.26. The average molecular weight is 319 g/mol. The standard InChI is InChI=1S/C13H16Cl2N2O3/c1-9(2)16(7-3-6-14)13(18)11-8-10(15)4-5-12(11)17(19)20/h4-5,8-9H,3,6-7H2,1-2H3. The van der Waals surface area contributed by atoms with Crippen LogP contribution >= 0.6 is 23.2 Å². The van der Waals surface area contributed by atoms with Gasteiger partial charge in [0, 0.05) is 29.6 Å². The van der Waals surface area contributed by atoms with Crippen LogP contribution in [0, 0.1) is 10.1 Å². The molecule has 0 aliphatic carbocycles. The van der Waals surface area contributed by atoms with Crippen molar-refractivity contribution in [1.29, 1.82) is 0 Å². The van der Waals surface area contributed by atoms with Gasteiger partial charge >= 0.3 is 0 Å². The Labute approximate surface area is 127 Å². The van der Waals surface area contributed by atoms with Gasteiger partial charge in [-0.3, -0.25) is 14.9 Å². The number of amides is 1. The molecule has 0 radical (unpaired) electrons. The lowest BCUT2D eigenvalue weighted by molar-refractivity contribution is -0.385. The minimum atomic E-state index is -0.580. The van der Waals surface area contributed by atoms with Crippen molar-refractivity contribution in [2.75, 3.05) is 12.4 Å². The van der Waals surface area contributed by atoms with E-state index in [1.807, 2.05) is 13.8 Å². The second-order valence-electron chi connectivity index (χ2n) is 4.55. The molecule has 0 saturated heterocycles. The summed E-state index contributed by atoms with van der Waals surface area (Å²) in [5.74, 6) is 0.0213. The van der Waals surface area contributed by atoms with Gasteiger partial charge in [0.1, 0.15) is 5.56 Å². The molecule has 0 aliphatic heterocycles. The average Bonchev–Trinajstić information content (AvgIpc) is 2.38. The normalized spacial score (nSPS) is 10.7. The van der Waals surface area contributed by atoms with Gasteiger partial charge in [-0.05, 0) is 32.4 Å². The van der Waals surface area contributed by atoms with Gasteiger partial charge in [-0.15, -0.1) is 11.6 Å². The van der Waals surface area contributed by atoms with Crippen LogP contribution in [-0.4, -0.2) is 34.2 Å². The van der Waals surface area contributed by atoms with Gasteiger partial charge in [-0.2, -0.15) is 0 Å². The van der Waals surface area contributed by atoms with E-state index in [-0.39, 0.29) is 17.3 Å². The molecule has 5 nitrogen and oxygen atoms in total. The summed E-state index contributed by atoms with van der Waals surface area (Å²) in [6, 6.07) is 3.90. The highest BCUT2D eigenvalue weighted by atomic mass is 35.5. The van der Waals surface area contributed by atoms with Crippen molar-refractivity contribution in [2.24, 2.45) is 0 Å². The number of carbonyl (C=O) groups is 1. The molecular formula is C13H16Cl2N2O3. The summed E-state index contributed by atoms with van der Waals surface area (Å²) in [5.41, 5.74) is -0.235. The fourth-order valence-electron chi connectivity index (χ4n) is 1.82. The number of nitro benzene ring substituents is 1. The molecule has 0 spiro atoms. The van der Waals surface area contributed by atoms with Gasteiger partial charge in [0.15, 0.2) is 0 Å². The van der Waals surface area contributed by atoms with Crippen LogP contribution < -0.4 is 0 Å². The number of benzene rings is 1. The fourth-order valence-corrected chi connectivity index (χ4v) is 2.11. The first-order valence-corrected chi connectivity index (χ1v) is 7.10. The summed E-state index contributed by atoms with van der Waals surface area (Å²) in [4.78, 5) is 24.5. The first-order valence-electron chi connectivity index (χ1n) is 6.19. The molecule has 0 heterocycles. The molecule has 0 aliphatic rings. The van der Waals surface area contributed by atoms with E-state index in [0.717, 1.165) is 0 Å². The molecule has 1 aromatic carbocycles. The van der Waals surface area contributed by atoms with Gasteiger partial charge < -0.3 is 4.90 Å². The van der Waals surface area contributed by atoms with Crippen molar-refractivity contribution in [3.05, 3.63) is 38.9 Å². The summed E-state index contributed by atoms with van der Waals surface area (Å²) in [7, 11) is 0. The Morgan fingerprint density at radius 1 is 1.45 bits per heavy atom. The molecule has 0 bridgehead atoms. The molecule has 0 unspecified atom stereocenters. The van der Waals surface area contributed by atoms with E-state index < -0.39 is 10.8 Å². The molecule has 1 rings (SSSR count). The van der Waals surface area contributed by atoms with E-state index in [0.29, 0.717) is 23.9 Å². The Hall–Kier alpha value is -1.33. The van der Waals surface area contributed by atoms with Crippen molar-refractivity contribution in [2.45, 2.75) is 26.3 Å². The van der Waals surface area contributed by atoms with Crippen LogP contribution in [0.15, 0.2) is 18.2 Å². The van der Waals surface area contributed by atoms with Crippen LogP contribution in [0.1, 0.15) is 30.6 Å². The number of carbonyl (C=O) groups excluding carboxylic acids is 1. The second-order valence-corrected chi connectivity index (χ2v) is 5.37. The highest BCUT2D eigenvalue weighted by molar-refractivity contribution is 6.31. The lowest BCUT2D eigenvalue weighted by atomic mass is 10.1. The third kappa shape index (κ3) is 4.08. The Bertz CT molecular complexity index is 506. The molecule has 0 saturated carbocycles. The van der Waals surface area contributed by atoms with Gasteiger partial charge in [-0.25, -0.2) is 0 Å². The van der Waals surface area contributed by atoms with Crippen molar-refractivity contribution in [1.82, 2.24) is 4.90 Å². The molecule has 20 heavy (non-hydrogen) atoms. The molecule has 1 aromatic rings. The zero-order chi connectivity index (χ0) is 15.3. The third-order valence-corrected chi connectivity index (χ3v) is 3.30. The van der Waals surface area contributed by atoms with Crippen LogP contribution in [0.2, 0.25) is 5.02 Å². The van der Waals surface area contributed by atoms with Crippen molar-refractivity contribution >= 4 is 34.8 Å². The van der Waals surface area contributed by atoms with E-state index in [2.05, 4.69) is 0 Å². The first kappa shape index (κ1) is 16.7. The zero-order valence-electron chi connectivity index (χ0n) is 11.3. The van der Waals surface area contributed by atoms with Crippen molar-refractivity contribution in [3.8, 4) is 0 Å². The number of hydrogen-bond acceptors (Lipinski definition) is 3. The van der Waals surface area contributed by atoms with E-state index in [4.69, 9.17) is 23.2 Å². The number of alkyl halides is 1. The molecule has 0 atom stereocenters. The SMILES string of the molecule is CC(C)N(CCCCl)C(=O)c1cc(Cl)ccc1[N+](=O)[O-]. The van der Waals surface area contributed by atoms with E-state index >= 15 is 0 Å². The van der Waals surface area contributed by atoms with Crippen LogP contribution in [0.25, 0.3) is 0 Å². The second kappa shape index (κ2) is 7.45. The van der Waals surface area contributed by atoms with E-state index in [9.17, 15) is 14.9 Å². The summed E-state index contributed by atoms with van der Waals surface area (Å²) in [5, 5.41) is 11.3. The van der Waals surface area contributed by atoms with Gasteiger partial charge in [0.2, 0.25) is 0 Å². The fraction of sp³-hybridized carbons (Fsp3) is 0.462. The van der Waals surface area contributed by atoms with E-state index in [1.54, 1.807) is 4.90 Å². The number of rotatable bonds is 6. The van der Waals surface area contributed by atoms with Crippen LogP contribution in [0.5, 0.6) is 0 Å². The zero-order valence-corrected chi connectivity index (χ0v) is 12.8. The predicted molar refractivity (Wildman–Crippen MR) is 79.6 cm³/mol. The minimum Gasteiger partial charge on any atom is -0.336 e. The Morgan fingerprint density at radius 3 is 2.60 bits per heavy atom. The molecule has 0 fully saturated rings. The van der Waals surface area contributed by atoms with E-state index in [1.165, 1.54) is 18.2 Å². The highest BCUT2D eigenvalue weighted by Crippen LogP contribution is 2.25. The molecule has 0 aromatic heterocycles. The lowest BCUT2D eigenvalue weighted by Gasteiger charge is -2.26. The molecule has 110 valence electrons. The maximum atomic E-state index is 12.5. The summed E-state index contributed by atoms with van der Waals surface area (Å²) in [6.45, 7) is 4.15. The number of hydrogen-bond donors (Lipinski definition) is 0. The minimum absolute atomic E-state index is 0.00534. The predicted octanol–water partition coefficient (Wildman–Crippen LogP) is 3.73. The number of nitro groups is 1. The summed E-state index contributed by atoms with van der Waals surface area (Å²) >= 11 is 11.5. The van der Waals surface area contributed by atoms with Crippen LogP contribution in [0.4, 0.5) is 5.69 Å². The van der Waals surface area contributed by atoms with Crippen molar-refractivity contribution in [3.63, 3.8) is 0 Å². The van der Waals surface area contributed by atoms with Gasteiger partial charge in [0.05, 0.1) is 4.92 Å². The monoisotopic (exact) mass is 318 g/mol. The third-order valence-electron chi connectivity index (χ3n) is 2.80. The summed E-state index contributed by atoms with van der Waals surface area (Å²) in [6.07, 6.45) is 0.625. The molecule has 1 amide bonds. The maximum absolute atomic E-state index is 12.5. The Morgan fingerprint density at radius 2 is 2.10 bits per heavy atom. The lowest BCUT2D eigenvalue weighted by Crippen LogP contribution is -2.38. The van der Waals surface area contributed by atoms with Gasteiger partial charge in [-0.1, -0.05) is 11.6 Å². The van der Waals surface area contributed by atoms with Crippen LogP contribution in [-0.2, 0) is 0 Å². The maximum Gasteiger partial charge on any atom is 0.282 e. The smallest absolute Gasteiger partial charge is 0.282 e. The largest absolute Gasteiger partial charge is 0.336 e.